The quantitative estimate of drug-likeness (QED) is 0.734. The highest BCUT2D eigenvalue weighted by Crippen LogP contribution is 2.27. The maximum atomic E-state index is 5.08. The van der Waals surface area contributed by atoms with E-state index in [1.165, 1.54) is 0 Å². The zero-order valence-electron chi connectivity index (χ0n) is 12.4. The lowest BCUT2D eigenvalue weighted by molar-refractivity contribution is 0.200. The molecule has 114 valence electrons. The standard InChI is InChI=1S/C15H17N5O2/c1-10-16-15(19-21-10)11-5-7-20(8-6-11)9-12-3-2-4-13-14(12)18-22-17-13/h2-4,11H,5-9H2,1H3. The maximum Gasteiger partial charge on any atom is 0.223 e. The predicted octanol–water partition coefficient (Wildman–Crippen LogP) is 2.29. The monoisotopic (exact) mass is 299 g/mol. The predicted molar refractivity (Wildman–Crippen MR) is 78.1 cm³/mol. The summed E-state index contributed by atoms with van der Waals surface area (Å²) in [7, 11) is 0. The number of benzene rings is 1. The number of aryl methyl sites for hydroxylation is 1. The van der Waals surface area contributed by atoms with Crippen molar-refractivity contribution in [2.75, 3.05) is 13.1 Å². The highest BCUT2D eigenvalue weighted by atomic mass is 16.6. The van der Waals surface area contributed by atoms with Crippen LogP contribution in [0.1, 0.15) is 36.0 Å². The van der Waals surface area contributed by atoms with Crippen LogP contribution in [0.25, 0.3) is 11.0 Å². The highest BCUT2D eigenvalue weighted by molar-refractivity contribution is 5.76. The molecular weight excluding hydrogens is 282 g/mol. The Morgan fingerprint density at radius 3 is 2.82 bits per heavy atom. The van der Waals surface area contributed by atoms with Gasteiger partial charge >= 0.3 is 0 Å². The van der Waals surface area contributed by atoms with Gasteiger partial charge in [-0.3, -0.25) is 4.90 Å². The molecule has 1 fully saturated rings. The summed E-state index contributed by atoms with van der Waals surface area (Å²) in [6.45, 7) is 4.72. The molecule has 0 saturated carbocycles. The number of hydrogen-bond donors (Lipinski definition) is 0. The van der Waals surface area contributed by atoms with Gasteiger partial charge in [0.1, 0.15) is 11.0 Å². The Labute approximate surface area is 127 Å². The van der Waals surface area contributed by atoms with Crippen LogP contribution >= 0.6 is 0 Å². The van der Waals surface area contributed by atoms with Crippen LogP contribution in [0.3, 0.4) is 0 Å². The average Bonchev–Trinajstić information content (AvgIpc) is 3.17. The average molecular weight is 299 g/mol. The van der Waals surface area contributed by atoms with E-state index in [9.17, 15) is 0 Å². The number of fused-ring (bicyclic) bond motifs is 1. The second-order valence-electron chi connectivity index (χ2n) is 5.77. The summed E-state index contributed by atoms with van der Waals surface area (Å²) in [6.07, 6.45) is 2.10. The molecule has 7 heteroatoms. The van der Waals surface area contributed by atoms with Crippen LogP contribution < -0.4 is 0 Å². The molecule has 0 aliphatic carbocycles. The van der Waals surface area contributed by atoms with E-state index in [0.29, 0.717) is 11.8 Å². The van der Waals surface area contributed by atoms with Gasteiger partial charge in [-0.05, 0) is 47.9 Å². The van der Waals surface area contributed by atoms with Gasteiger partial charge in [0.15, 0.2) is 5.82 Å². The first kappa shape index (κ1) is 13.4. The SMILES string of the molecule is Cc1nc(C2CCN(Cc3cccc4nonc34)CC2)no1. The van der Waals surface area contributed by atoms with Gasteiger partial charge in [-0.1, -0.05) is 17.3 Å². The van der Waals surface area contributed by atoms with Gasteiger partial charge in [0.2, 0.25) is 5.89 Å². The summed E-state index contributed by atoms with van der Waals surface area (Å²) in [5.74, 6) is 1.89. The lowest BCUT2D eigenvalue weighted by Gasteiger charge is -2.30. The van der Waals surface area contributed by atoms with Crippen molar-refractivity contribution >= 4 is 11.0 Å². The van der Waals surface area contributed by atoms with E-state index in [1.807, 2.05) is 19.1 Å². The summed E-state index contributed by atoms with van der Waals surface area (Å²) in [6, 6.07) is 6.00. The normalized spacial score (nSPS) is 17.3. The molecule has 0 bridgehead atoms. The Morgan fingerprint density at radius 1 is 1.18 bits per heavy atom. The first-order valence-electron chi connectivity index (χ1n) is 7.52. The van der Waals surface area contributed by atoms with Crippen molar-refractivity contribution in [1.82, 2.24) is 25.4 Å². The molecule has 0 N–H and O–H groups in total. The maximum absolute atomic E-state index is 5.08. The minimum Gasteiger partial charge on any atom is -0.340 e. The summed E-state index contributed by atoms with van der Waals surface area (Å²) >= 11 is 0. The molecule has 7 nitrogen and oxygen atoms in total. The van der Waals surface area contributed by atoms with E-state index in [-0.39, 0.29) is 0 Å². The third-order valence-electron chi connectivity index (χ3n) is 4.26. The van der Waals surface area contributed by atoms with Crippen LogP contribution in [0.5, 0.6) is 0 Å². The highest BCUT2D eigenvalue weighted by Gasteiger charge is 2.24. The van der Waals surface area contributed by atoms with Crippen LogP contribution in [0, 0.1) is 6.92 Å². The lowest BCUT2D eigenvalue weighted by atomic mass is 9.96. The smallest absolute Gasteiger partial charge is 0.223 e. The van der Waals surface area contributed by atoms with Crippen molar-refractivity contribution in [1.29, 1.82) is 0 Å². The Balaban J connectivity index is 1.43. The van der Waals surface area contributed by atoms with E-state index in [2.05, 4.69) is 31.4 Å². The van der Waals surface area contributed by atoms with Crippen molar-refractivity contribution in [3.05, 3.63) is 35.5 Å². The van der Waals surface area contributed by atoms with E-state index in [0.717, 1.165) is 54.9 Å². The number of piperidine rings is 1. The van der Waals surface area contributed by atoms with Crippen molar-refractivity contribution in [2.45, 2.75) is 32.2 Å². The van der Waals surface area contributed by atoms with E-state index >= 15 is 0 Å². The summed E-state index contributed by atoms with van der Waals surface area (Å²) in [4.78, 5) is 6.77. The summed E-state index contributed by atoms with van der Waals surface area (Å²) in [5, 5.41) is 11.9. The topological polar surface area (TPSA) is 81.1 Å². The van der Waals surface area contributed by atoms with E-state index in [1.54, 1.807) is 0 Å². The number of aromatic nitrogens is 4. The van der Waals surface area contributed by atoms with E-state index in [4.69, 9.17) is 9.15 Å². The number of hydrogen-bond acceptors (Lipinski definition) is 7. The Morgan fingerprint density at radius 2 is 2.05 bits per heavy atom. The molecule has 0 amide bonds. The fourth-order valence-corrected chi connectivity index (χ4v) is 3.06. The molecule has 2 aromatic heterocycles. The molecule has 0 unspecified atom stereocenters. The number of likely N-dealkylation sites (tertiary alicyclic amines) is 1. The van der Waals surface area contributed by atoms with Gasteiger partial charge in [-0.15, -0.1) is 0 Å². The molecule has 1 aliphatic rings. The molecule has 1 aromatic carbocycles. The molecular formula is C15H17N5O2. The third kappa shape index (κ3) is 2.48. The van der Waals surface area contributed by atoms with Gasteiger partial charge in [-0.2, -0.15) is 4.98 Å². The molecule has 3 aromatic rings. The summed E-state index contributed by atoms with van der Waals surface area (Å²) < 4.78 is 9.91. The summed E-state index contributed by atoms with van der Waals surface area (Å²) in [5.41, 5.74) is 2.83. The van der Waals surface area contributed by atoms with Crippen molar-refractivity contribution in [3.8, 4) is 0 Å². The minimum atomic E-state index is 0.401. The van der Waals surface area contributed by atoms with Crippen LogP contribution in [0.4, 0.5) is 0 Å². The van der Waals surface area contributed by atoms with Crippen molar-refractivity contribution in [3.63, 3.8) is 0 Å². The van der Waals surface area contributed by atoms with Crippen LogP contribution in [0.2, 0.25) is 0 Å². The van der Waals surface area contributed by atoms with Crippen molar-refractivity contribution < 1.29 is 9.15 Å². The minimum absolute atomic E-state index is 0.401. The molecule has 1 saturated heterocycles. The molecule has 0 atom stereocenters. The van der Waals surface area contributed by atoms with Gasteiger partial charge in [0.05, 0.1) is 0 Å². The van der Waals surface area contributed by atoms with Crippen molar-refractivity contribution in [2.24, 2.45) is 0 Å². The zero-order chi connectivity index (χ0) is 14.9. The Hall–Kier alpha value is -2.28. The van der Waals surface area contributed by atoms with Gasteiger partial charge in [0, 0.05) is 19.4 Å². The molecule has 4 rings (SSSR count). The molecule has 0 radical (unpaired) electrons. The number of nitrogens with zero attached hydrogens (tertiary/aromatic N) is 5. The Kier molecular flexibility index (Phi) is 3.34. The van der Waals surface area contributed by atoms with Crippen LogP contribution in [-0.2, 0) is 6.54 Å². The first-order valence-corrected chi connectivity index (χ1v) is 7.52. The molecule has 0 spiro atoms. The largest absolute Gasteiger partial charge is 0.340 e. The lowest BCUT2D eigenvalue weighted by Crippen LogP contribution is -2.32. The van der Waals surface area contributed by atoms with Gasteiger partial charge < -0.3 is 4.52 Å². The van der Waals surface area contributed by atoms with Crippen LogP contribution in [-0.4, -0.2) is 38.4 Å². The zero-order valence-corrected chi connectivity index (χ0v) is 12.4. The second kappa shape index (κ2) is 5.49. The molecule has 1 aliphatic heterocycles. The Bertz CT molecular complexity index is 773. The third-order valence-corrected chi connectivity index (χ3v) is 4.26. The first-order chi connectivity index (χ1) is 10.8. The van der Waals surface area contributed by atoms with E-state index < -0.39 is 0 Å². The number of rotatable bonds is 3. The van der Waals surface area contributed by atoms with Gasteiger partial charge in [0.25, 0.3) is 0 Å². The fraction of sp³-hybridized carbons (Fsp3) is 0.467. The molecule has 22 heavy (non-hydrogen) atoms. The van der Waals surface area contributed by atoms with Gasteiger partial charge in [-0.25, -0.2) is 4.63 Å². The van der Waals surface area contributed by atoms with Crippen LogP contribution in [0.15, 0.2) is 27.4 Å². The second-order valence-corrected chi connectivity index (χ2v) is 5.77. The fourth-order valence-electron chi connectivity index (χ4n) is 3.06. The molecule has 3 heterocycles.